The molecule has 0 radical (unpaired) electrons. The molecular weight excluding hydrogens is 316 g/mol. The molecule has 0 bridgehead atoms. The minimum atomic E-state index is 0.760. The Labute approximate surface area is 158 Å². The third kappa shape index (κ3) is 4.28. The van der Waals surface area contributed by atoms with Gasteiger partial charge in [0.05, 0.1) is 11.6 Å². The van der Waals surface area contributed by atoms with E-state index in [9.17, 15) is 0 Å². The second-order valence-electron chi connectivity index (χ2n) is 7.40. The van der Waals surface area contributed by atoms with E-state index in [0.29, 0.717) is 0 Å². The lowest BCUT2D eigenvalue weighted by molar-refractivity contribution is 0.738. The number of nitrogens with zero attached hydrogens (tertiary/aromatic N) is 2. The van der Waals surface area contributed by atoms with Crippen molar-refractivity contribution in [3.8, 4) is 6.07 Å². The van der Waals surface area contributed by atoms with Gasteiger partial charge in [0.15, 0.2) is 0 Å². The van der Waals surface area contributed by atoms with Crippen LogP contribution in [-0.2, 0) is 25.7 Å². The molecule has 3 rings (SSSR count). The molecule has 0 N–H and O–H groups in total. The lowest BCUT2D eigenvalue weighted by atomic mass is 9.97. The van der Waals surface area contributed by atoms with Crippen LogP contribution >= 0.6 is 0 Å². The van der Waals surface area contributed by atoms with Gasteiger partial charge < -0.3 is 4.90 Å². The lowest BCUT2D eigenvalue weighted by Gasteiger charge is -2.27. The second kappa shape index (κ2) is 8.90. The van der Waals surface area contributed by atoms with Gasteiger partial charge in [0.1, 0.15) is 0 Å². The first-order valence-corrected chi connectivity index (χ1v) is 10.1. The fraction of sp³-hybridized carbons (Fsp3) is 0.458. The topological polar surface area (TPSA) is 27.0 Å². The number of rotatable bonds is 8. The summed E-state index contributed by atoms with van der Waals surface area (Å²) in [5.74, 6) is 0. The van der Waals surface area contributed by atoms with Crippen molar-refractivity contribution in [3.63, 3.8) is 0 Å². The van der Waals surface area contributed by atoms with E-state index < -0.39 is 0 Å². The molecule has 0 amide bonds. The van der Waals surface area contributed by atoms with Crippen molar-refractivity contribution in [1.29, 1.82) is 5.26 Å². The highest BCUT2D eigenvalue weighted by Gasteiger charge is 2.18. The number of benzene rings is 2. The predicted octanol–water partition coefficient (Wildman–Crippen LogP) is 5.46. The fourth-order valence-electron chi connectivity index (χ4n) is 4.12. The number of hydrogen-bond donors (Lipinski definition) is 0. The van der Waals surface area contributed by atoms with E-state index >= 15 is 0 Å². The van der Waals surface area contributed by atoms with E-state index in [1.165, 1.54) is 48.9 Å². The second-order valence-corrected chi connectivity index (χ2v) is 7.40. The standard InChI is InChI=1S/C24H30N2/c1-3-13-26(14-4-2)24-17-22-10-6-9-21(22)16-23(24)12-11-19-7-5-8-20(15-19)18-25/h5,7-8,15-17H,3-4,6,9-14H2,1-2H3. The summed E-state index contributed by atoms with van der Waals surface area (Å²) in [5.41, 5.74) is 8.07. The molecule has 0 aliphatic heterocycles. The Hall–Kier alpha value is -2.27. The molecule has 0 atom stereocenters. The van der Waals surface area contributed by atoms with E-state index in [1.807, 2.05) is 18.2 Å². The summed E-state index contributed by atoms with van der Waals surface area (Å²) in [6, 6.07) is 15.3. The van der Waals surface area contributed by atoms with Gasteiger partial charge in [-0.25, -0.2) is 0 Å². The van der Waals surface area contributed by atoms with Gasteiger partial charge in [-0.1, -0.05) is 32.0 Å². The molecular formula is C24H30N2. The van der Waals surface area contributed by atoms with Gasteiger partial charge in [0, 0.05) is 18.8 Å². The normalized spacial score (nSPS) is 12.7. The number of aryl methyl sites for hydroxylation is 4. The van der Waals surface area contributed by atoms with Crippen molar-refractivity contribution in [2.75, 3.05) is 18.0 Å². The molecule has 0 saturated heterocycles. The maximum Gasteiger partial charge on any atom is 0.0991 e. The molecule has 2 nitrogen and oxygen atoms in total. The Morgan fingerprint density at radius 1 is 0.962 bits per heavy atom. The summed E-state index contributed by atoms with van der Waals surface area (Å²) >= 11 is 0. The maximum atomic E-state index is 9.13. The van der Waals surface area contributed by atoms with E-state index in [1.54, 1.807) is 11.1 Å². The van der Waals surface area contributed by atoms with Crippen LogP contribution in [0.25, 0.3) is 0 Å². The first kappa shape index (κ1) is 18.5. The van der Waals surface area contributed by atoms with Gasteiger partial charge >= 0.3 is 0 Å². The quantitative estimate of drug-likeness (QED) is 0.635. The van der Waals surface area contributed by atoms with Crippen molar-refractivity contribution >= 4 is 5.69 Å². The van der Waals surface area contributed by atoms with Crippen molar-refractivity contribution in [3.05, 3.63) is 64.2 Å². The van der Waals surface area contributed by atoms with Gasteiger partial charge in [-0.2, -0.15) is 5.26 Å². The van der Waals surface area contributed by atoms with Gasteiger partial charge in [-0.3, -0.25) is 0 Å². The van der Waals surface area contributed by atoms with Crippen LogP contribution < -0.4 is 4.90 Å². The highest BCUT2D eigenvalue weighted by Crippen LogP contribution is 2.32. The van der Waals surface area contributed by atoms with Gasteiger partial charge in [0.25, 0.3) is 0 Å². The molecule has 0 spiro atoms. The molecule has 2 aromatic rings. The van der Waals surface area contributed by atoms with Crippen LogP contribution in [0.4, 0.5) is 5.69 Å². The lowest BCUT2D eigenvalue weighted by Crippen LogP contribution is -2.26. The summed E-state index contributed by atoms with van der Waals surface area (Å²) in [4.78, 5) is 2.58. The molecule has 0 heterocycles. The summed E-state index contributed by atoms with van der Waals surface area (Å²) in [6.45, 7) is 6.79. The first-order valence-electron chi connectivity index (χ1n) is 10.1. The smallest absolute Gasteiger partial charge is 0.0991 e. The molecule has 2 heteroatoms. The third-order valence-corrected chi connectivity index (χ3v) is 5.36. The van der Waals surface area contributed by atoms with Gasteiger partial charge in [-0.05, 0) is 85.4 Å². The molecule has 26 heavy (non-hydrogen) atoms. The van der Waals surface area contributed by atoms with Crippen molar-refractivity contribution in [2.24, 2.45) is 0 Å². The molecule has 1 aliphatic rings. The largest absolute Gasteiger partial charge is 0.371 e. The summed E-state index contributed by atoms with van der Waals surface area (Å²) < 4.78 is 0. The van der Waals surface area contributed by atoms with E-state index in [4.69, 9.17) is 5.26 Å². The monoisotopic (exact) mass is 346 g/mol. The SMILES string of the molecule is CCCN(CCC)c1cc2c(cc1CCc1cccc(C#N)c1)CCC2. The fourth-order valence-corrected chi connectivity index (χ4v) is 4.12. The zero-order chi connectivity index (χ0) is 18.4. The molecule has 0 unspecified atom stereocenters. The van der Waals surface area contributed by atoms with Crippen LogP contribution in [0.2, 0.25) is 0 Å². The number of anilines is 1. The van der Waals surface area contributed by atoms with Gasteiger partial charge in [0.2, 0.25) is 0 Å². The van der Waals surface area contributed by atoms with Crippen LogP contribution in [0.5, 0.6) is 0 Å². The minimum Gasteiger partial charge on any atom is -0.371 e. The van der Waals surface area contributed by atoms with Crippen LogP contribution in [-0.4, -0.2) is 13.1 Å². The molecule has 0 fully saturated rings. The Morgan fingerprint density at radius 3 is 2.38 bits per heavy atom. The average Bonchev–Trinajstić information content (AvgIpc) is 3.13. The summed E-state index contributed by atoms with van der Waals surface area (Å²) in [5, 5.41) is 9.13. The van der Waals surface area contributed by atoms with Crippen molar-refractivity contribution < 1.29 is 0 Å². The molecule has 1 aliphatic carbocycles. The summed E-state index contributed by atoms with van der Waals surface area (Å²) in [6.07, 6.45) is 8.16. The van der Waals surface area contributed by atoms with Gasteiger partial charge in [-0.15, -0.1) is 0 Å². The molecule has 2 aromatic carbocycles. The molecule has 0 saturated carbocycles. The van der Waals surface area contributed by atoms with Crippen molar-refractivity contribution in [2.45, 2.75) is 58.8 Å². The summed E-state index contributed by atoms with van der Waals surface area (Å²) in [7, 11) is 0. The molecule has 136 valence electrons. The number of fused-ring (bicyclic) bond motifs is 1. The number of hydrogen-bond acceptors (Lipinski definition) is 2. The maximum absolute atomic E-state index is 9.13. The highest BCUT2D eigenvalue weighted by atomic mass is 15.1. The van der Waals surface area contributed by atoms with Crippen LogP contribution in [0.3, 0.4) is 0 Å². The average molecular weight is 347 g/mol. The Morgan fingerprint density at radius 2 is 1.69 bits per heavy atom. The zero-order valence-corrected chi connectivity index (χ0v) is 16.2. The molecule has 0 aromatic heterocycles. The van der Waals surface area contributed by atoms with E-state index in [0.717, 1.165) is 31.5 Å². The third-order valence-electron chi connectivity index (χ3n) is 5.36. The van der Waals surface area contributed by atoms with Crippen LogP contribution in [0.1, 0.15) is 60.9 Å². The Balaban J connectivity index is 1.87. The predicted molar refractivity (Wildman–Crippen MR) is 110 cm³/mol. The Bertz CT molecular complexity index is 779. The van der Waals surface area contributed by atoms with Crippen LogP contribution in [0, 0.1) is 11.3 Å². The van der Waals surface area contributed by atoms with E-state index in [2.05, 4.69) is 43.0 Å². The number of nitriles is 1. The first-order chi connectivity index (χ1) is 12.7. The minimum absolute atomic E-state index is 0.760. The highest BCUT2D eigenvalue weighted by molar-refractivity contribution is 5.59. The van der Waals surface area contributed by atoms with Crippen molar-refractivity contribution in [1.82, 2.24) is 0 Å². The van der Waals surface area contributed by atoms with E-state index in [-0.39, 0.29) is 0 Å². The Kier molecular flexibility index (Phi) is 6.34. The zero-order valence-electron chi connectivity index (χ0n) is 16.2. The van der Waals surface area contributed by atoms with Crippen LogP contribution in [0.15, 0.2) is 36.4 Å².